The molecule has 0 saturated heterocycles. The molecule has 140 valence electrons. The van der Waals surface area contributed by atoms with Crippen LogP contribution in [-0.2, 0) is 4.79 Å². The Morgan fingerprint density at radius 2 is 1.88 bits per heavy atom. The van der Waals surface area contributed by atoms with E-state index in [0.717, 1.165) is 0 Å². The normalized spacial score (nSPS) is 11.2. The Balaban J connectivity index is 2.43. The summed E-state index contributed by atoms with van der Waals surface area (Å²) in [6.45, 7) is 7.38. The molecule has 2 rings (SSSR count). The van der Waals surface area contributed by atoms with E-state index in [0.29, 0.717) is 5.82 Å². The second-order valence-electron chi connectivity index (χ2n) is 6.55. The Labute approximate surface area is 151 Å². The number of halogens is 1. The molecule has 8 heteroatoms. The van der Waals surface area contributed by atoms with Gasteiger partial charge in [0.15, 0.2) is 0 Å². The van der Waals surface area contributed by atoms with Crippen molar-refractivity contribution < 1.29 is 19.1 Å². The molecule has 0 fully saturated rings. The van der Waals surface area contributed by atoms with Crippen LogP contribution in [0.1, 0.15) is 56.5 Å². The van der Waals surface area contributed by atoms with Gasteiger partial charge in [-0.15, -0.1) is 5.10 Å². The maximum absolute atomic E-state index is 14.2. The SMILES string of the molecule is CC(C)c1nc(C(=O)N(CCC(=O)O)C(C)C)nn1-c1ccccc1F. The first kappa shape index (κ1) is 19.6. The lowest BCUT2D eigenvalue weighted by Crippen LogP contribution is -2.39. The van der Waals surface area contributed by atoms with Crippen molar-refractivity contribution in [2.24, 2.45) is 0 Å². The van der Waals surface area contributed by atoms with Crippen molar-refractivity contribution in [2.75, 3.05) is 6.54 Å². The van der Waals surface area contributed by atoms with Gasteiger partial charge < -0.3 is 10.0 Å². The minimum atomic E-state index is -0.990. The minimum Gasteiger partial charge on any atom is -0.481 e. The summed E-state index contributed by atoms with van der Waals surface area (Å²) in [5.74, 6) is -1.63. The van der Waals surface area contributed by atoms with E-state index in [9.17, 15) is 14.0 Å². The number of carbonyl (C=O) groups is 2. The summed E-state index contributed by atoms with van der Waals surface area (Å²) in [5, 5.41) is 13.1. The zero-order valence-electron chi connectivity index (χ0n) is 15.3. The smallest absolute Gasteiger partial charge is 0.305 e. The third-order valence-electron chi connectivity index (χ3n) is 3.87. The topological polar surface area (TPSA) is 88.3 Å². The maximum atomic E-state index is 14.2. The van der Waals surface area contributed by atoms with Crippen molar-refractivity contribution in [1.29, 1.82) is 0 Å². The fraction of sp³-hybridized carbons (Fsp3) is 0.444. The number of hydrogen-bond donors (Lipinski definition) is 1. The van der Waals surface area contributed by atoms with Crippen LogP contribution < -0.4 is 0 Å². The van der Waals surface area contributed by atoms with Crippen molar-refractivity contribution in [3.8, 4) is 5.69 Å². The van der Waals surface area contributed by atoms with E-state index in [1.165, 1.54) is 15.6 Å². The highest BCUT2D eigenvalue weighted by atomic mass is 19.1. The van der Waals surface area contributed by atoms with Crippen LogP contribution in [0.5, 0.6) is 0 Å². The van der Waals surface area contributed by atoms with Crippen molar-refractivity contribution in [3.05, 3.63) is 41.7 Å². The van der Waals surface area contributed by atoms with Crippen LogP contribution in [0.3, 0.4) is 0 Å². The Kier molecular flexibility index (Phi) is 6.07. The van der Waals surface area contributed by atoms with Gasteiger partial charge in [0.2, 0.25) is 5.82 Å². The summed E-state index contributed by atoms with van der Waals surface area (Å²) in [5.41, 5.74) is 0.212. The Morgan fingerprint density at radius 1 is 1.23 bits per heavy atom. The van der Waals surface area contributed by atoms with Gasteiger partial charge in [0, 0.05) is 18.5 Å². The predicted molar refractivity (Wildman–Crippen MR) is 93.8 cm³/mol. The molecule has 1 aromatic carbocycles. The van der Waals surface area contributed by atoms with E-state index in [1.807, 2.05) is 13.8 Å². The summed E-state index contributed by atoms with van der Waals surface area (Å²) >= 11 is 0. The largest absolute Gasteiger partial charge is 0.481 e. The van der Waals surface area contributed by atoms with Gasteiger partial charge in [-0.3, -0.25) is 9.59 Å². The standard InChI is InChI=1S/C18H23FN4O3/c1-11(2)17-20-16(18(26)22(12(3)4)10-9-15(24)25)21-23(17)14-8-6-5-7-13(14)19/h5-8,11-12H,9-10H2,1-4H3,(H,24,25). The van der Waals surface area contributed by atoms with E-state index in [-0.39, 0.29) is 36.4 Å². The van der Waals surface area contributed by atoms with Crippen LogP contribution >= 0.6 is 0 Å². The molecule has 0 aliphatic heterocycles. The fourth-order valence-corrected chi connectivity index (χ4v) is 2.53. The average molecular weight is 362 g/mol. The molecule has 0 bridgehead atoms. The Bertz CT molecular complexity index is 801. The first-order valence-corrected chi connectivity index (χ1v) is 8.47. The van der Waals surface area contributed by atoms with E-state index >= 15 is 0 Å². The number of carboxylic acid groups (broad SMARTS) is 1. The Hall–Kier alpha value is -2.77. The molecule has 1 aromatic heterocycles. The highest BCUT2D eigenvalue weighted by Gasteiger charge is 2.26. The number of rotatable bonds is 7. The zero-order chi connectivity index (χ0) is 19.4. The molecule has 1 N–H and O–H groups in total. The van der Waals surface area contributed by atoms with Gasteiger partial charge in [0.1, 0.15) is 17.3 Å². The lowest BCUT2D eigenvalue weighted by molar-refractivity contribution is -0.137. The average Bonchev–Trinajstić information content (AvgIpc) is 3.00. The van der Waals surface area contributed by atoms with Crippen LogP contribution in [0.4, 0.5) is 4.39 Å². The summed E-state index contributed by atoms with van der Waals surface area (Å²) in [6.07, 6.45) is -0.172. The van der Waals surface area contributed by atoms with Gasteiger partial charge in [-0.2, -0.15) is 0 Å². The van der Waals surface area contributed by atoms with Gasteiger partial charge in [-0.05, 0) is 26.0 Å². The number of hydrogen-bond acceptors (Lipinski definition) is 4. The molecule has 0 saturated carbocycles. The quantitative estimate of drug-likeness (QED) is 0.818. The highest BCUT2D eigenvalue weighted by Crippen LogP contribution is 2.20. The summed E-state index contributed by atoms with van der Waals surface area (Å²) in [4.78, 5) is 29.4. The molecule has 0 unspecified atom stereocenters. The molecular weight excluding hydrogens is 339 g/mol. The first-order valence-electron chi connectivity index (χ1n) is 8.47. The maximum Gasteiger partial charge on any atom is 0.305 e. The summed E-state index contributed by atoms with van der Waals surface area (Å²) in [7, 11) is 0. The molecule has 0 aliphatic carbocycles. The van der Waals surface area contributed by atoms with E-state index in [1.54, 1.807) is 32.0 Å². The van der Waals surface area contributed by atoms with Gasteiger partial charge in [0.05, 0.1) is 6.42 Å². The number of para-hydroxylation sites is 1. The molecular formula is C18H23FN4O3. The molecule has 0 spiro atoms. The highest BCUT2D eigenvalue weighted by molar-refractivity contribution is 5.91. The molecule has 2 aromatic rings. The van der Waals surface area contributed by atoms with Gasteiger partial charge in [-0.25, -0.2) is 14.1 Å². The number of benzene rings is 1. The van der Waals surface area contributed by atoms with Crippen LogP contribution in [0.25, 0.3) is 5.69 Å². The fourth-order valence-electron chi connectivity index (χ4n) is 2.53. The molecule has 1 amide bonds. The lowest BCUT2D eigenvalue weighted by atomic mass is 10.2. The van der Waals surface area contributed by atoms with E-state index < -0.39 is 17.7 Å². The lowest BCUT2D eigenvalue weighted by Gasteiger charge is -2.24. The summed E-state index contributed by atoms with van der Waals surface area (Å²) < 4.78 is 15.5. The molecule has 1 heterocycles. The van der Waals surface area contributed by atoms with Gasteiger partial charge >= 0.3 is 5.97 Å². The number of carbonyl (C=O) groups excluding carboxylic acids is 1. The van der Waals surface area contributed by atoms with Crippen molar-refractivity contribution in [2.45, 2.75) is 46.1 Å². The molecule has 0 aliphatic rings. The third-order valence-corrected chi connectivity index (χ3v) is 3.87. The van der Waals surface area contributed by atoms with E-state index in [4.69, 9.17) is 5.11 Å². The monoisotopic (exact) mass is 362 g/mol. The summed E-state index contributed by atoms with van der Waals surface area (Å²) in [6, 6.07) is 5.91. The molecule has 0 atom stereocenters. The number of nitrogens with zero attached hydrogens (tertiary/aromatic N) is 4. The number of amides is 1. The van der Waals surface area contributed by atoms with Gasteiger partial charge in [0.25, 0.3) is 5.91 Å². The van der Waals surface area contributed by atoms with Crippen LogP contribution in [0.2, 0.25) is 0 Å². The van der Waals surface area contributed by atoms with Crippen molar-refractivity contribution in [1.82, 2.24) is 19.7 Å². The van der Waals surface area contributed by atoms with Crippen LogP contribution in [-0.4, -0.2) is 49.2 Å². The minimum absolute atomic E-state index is 0.0527. The van der Waals surface area contributed by atoms with E-state index in [2.05, 4.69) is 10.1 Å². The Morgan fingerprint density at radius 3 is 2.42 bits per heavy atom. The number of carboxylic acids is 1. The molecule has 0 radical (unpaired) electrons. The predicted octanol–water partition coefficient (Wildman–Crippen LogP) is 2.86. The second kappa shape index (κ2) is 8.07. The number of aliphatic carboxylic acids is 1. The third kappa shape index (κ3) is 4.25. The first-order chi connectivity index (χ1) is 12.2. The van der Waals surface area contributed by atoms with Crippen LogP contribution in [0.15, 0.2) is 24.3 Å². The second-order valence-corrected chi connectivity index (χ2v) is 6.55. The van der Waals surface area contributed by atoms with Gasteiger partial charge in [-0.1, -0.05) is 26.0 Å². The molecule has 26 heavy (non-hydrogen) atoms. The van der Waals surface area contributed by atoms with Crippen molar-refractivity contribution >= 4 is 11.9 Å². The zero-order valence-corrected chi connectivity index (χ0v) is 15.3. The molecule has 7 nitrogen and oxygen atoms in total. The number of aromatic nitrogens is 3. The van der Waals surface area contributed by atoms with Crippen molar-refractivity contribution in [3.63, 3.8) is 0 Å². The van der Waals surface area contributed by atoms with Crippen LogP contribution in [0, 0.1) is 5.82 Å².